The van der Waals surface area contributed by atoms with Crippen LogP contribution >= 0.6 is 0 Å². The van der Waals surface area contributed by atoms with Gasteiger partial charge in [-0.25, -0.2) is 4.79 Å². The lowest BCUT2D eigenvalue weighted by molar-refractivity contribution is -0.131. The topological polar surface area (TPSA) is 68.5 Å². The maximum atomic E-state index is 12.6. The molecule has 1 N–H and O–H groups in total. The van der Waals surface area contributed by atoms with E-state index < -0.39 is 5.97 Å². The summed E-state index contributed by atoms with van der Waals surface area (Å²) in [5, 5.41) is 8.74. The molecule has 3 rings (SSSR count). The number of fused-ring (bicyclic) bond motifs is 1. The molecule has 1 unspecified atom stereocenters. The van der Waals surface area contributed by atoms with Gasteiger partial charge < -0.3 is 14.4 Å². The first-order valence-electron chi connectivity index (χ1n) is 7.43. The molecule has 1 fully saturated rings. The number of aryl methyl sites for hydroxylation is 1. The molecule has 0 aromatic carbocycles. The summed E-state index contributed by atoms with van der Waals surface area (Å²) in [6, 6.07) is 1.84. The Morgan fingerprint density at radius 2 is 2.29 bits per heavy atom. The number of aromatic nitrogens is 1. The second-order valence-corrected chi connectivity index (χ2v) is 5.65. The van der Waals surface area contributed by atoms with Gasteiger partial charge in [-0.05, 0) is 49.8 Å². The Hall–Kier alpha value is -1.88. The fourth-order valence-electron chi connectivity index (χ4n) is 3.21. The molecule has 5 heteroatoms. The van der Waals surface area contributed by atoms with Crippen molar-refractivity contribution in [2.45, 2.75) is 44.8 Å². The molecule has 1 atom stereocenters. The molecule has 0 saturated carbocycles. The predicted molar refractivity (Wildman–Crippen MR) is 78.4 cm³/mol. The van der Waals surface area contributed by atoms with E-state index in [1.807, 2.05) is 6.07 Å². The molecule has 5 nitrogen and oxygen atoms in total. The van der Waals surface area contributed by atoms with Crippen LogP contribution in [0.5, 0.6) is 0 Å². The lowest BCUT2D eigenvalue weighted by Crippen LogP contribution is -2.30. The van der Waals surface area contributed by atoms with E-state index in [9.17, 15) is 9.59 Å². The number of ether oxygens (including phenoxy) is 1. The fraction of sp³-hybridized carbons (Fsp3) is 0.500. The quantitative estimate of drug-likeness (QED) is 0.855. The first-order valence-corrected chi connectivity index (χ1v) is 7.43. The molecule has 1 saturated heterocycles. The maximum Gasteiger partial charge on any atom is 0.328 e. The second-order valence-electron chi connectivity index (χ2n) is 5.65. The minimum absolute atomic E-state index is 0.103. The normalized spacial score (nSPS) is 21.0. The Morgan fingerprint density at radius 1 is 1.43 bits per heavy atom. The first kappa shape index (κ1) is 14.1. The van der Waals surface area contributed by atoms with Crippen LogP contribution in [0.15, 0.2) is 16.9 Å². The number of carboxylic acids is 1. The highest BCUT2D eigenvalue weighted by atomic mass is 16.5. The van der Waals surface area contributed by atoms with E-state index in [1.54, 1.807) is 4.57 Å². The van der Waals surface area contributed by atoms with Crippen molar-refractivity contribution in [3.05, 3.63) is 39.3 Å². The van der Waals surface area contributed by atoms with Crippen LogP contribution in [0.2, 0.25) is 0 Å². The Morgan fingerprint density at radius 3 is 3.00 bits per heavy atom. The van der Waals surface area contributed by atoms with Crippen LogP contribution in [-0.4, -0.2) is 28.4 Å². The van der Waals surface area contributed by atoms with Gasteiger partial charge in [-0.2, -0.15) is 0 Å². The molecule has 2 aliphatic rings. The lowest BCUT2D eigenvalue weighted by atomic mass is 10.1. The van der Waals surface area contributed by atoms with E-state index >= 15 is 0 Å². The van der Waals surface area contributed by atoms with Gasteiger partial charge in [-0.3, -0.25) is 4.79 Å². The number of hydrogen-bond donors (Lipinski definition) is 1. The van der Waals surface area contributed by atoms with Gasteiger partial charge in [-0.1, -0.05) is 0 Å². The number of aliphatic carboxylic acids is 1. The van der Waals surface area contributed by atoms with Crippen LogP contribution in [0.1, 0.15) is 36.1 Å². The number of nitrogens with zero attached hydrogens (tertiary/aromatic N) is 1. The Bertz CT molecular complexity index is 638. The van der Waals surface area contributed by atoms with Crippen molar-refractivity contribution in [3.8, 4) is 0 Å². The summed E-state index contributed by atoms with van der Waals surface area (Å²) in [5.74, 6) is -1.04. The molecule has 1 aromatic rings. The van der Waals surface area contributed by atoms with Crippen LogP contribution in [0.3, 0.4) is 0 Å². The Labute approximate surface area is 122 Å². The molecule has 1 aliphatic carbocycles. The van der Waals surface area contributed by atoms with Crippen molar-refractivity contribution in [3.63, 3.8) is 0 Å². The van der Waals surface area contributed by atoms with E-state index in [2.05, 4.69) is 0 Å². The molecule has 0 amide bonds. The standard InChI is InChI=1S/C16H19NO4/c18-15(19)7-6-12-9-11-3-1-5-14(11)17(16(12)20)10-13-4-2-8-21-13/h6-7,9,13H,1-5,8,10H2,(H,18,19)/b7-6+. The highest BCUT2D eigenvalue weighted by molar-refractivity contribution is 5.85. The summed E-state index contributed by atoms with van der Waals surface area (Å²) in [6.07, 6.45) is 7.47. The van der Waals surface area contributed by atoms with Gasteiger partial charge in [0.1, 0.15) is 0 Å². The highest BCUT2D eigenvalue weighted by Crippen LogP contribution is 2.23. The van der Waals surface area contributed by atoms with Gasteiger partial charge in [0.05, 0.1) is 12.6 Å². The molecular weight excluding hydrogens is 270 g/mol. The summed E-state index contributed by atoms with van der Waals surface area (Å²) in [4.78, 5) is 23.3. The number of carboxylic acid groups (broad SMARTS) is 1. The zero-order valence-electron chi connectivity index (χ0n) is 11.9. The van der Waals surface area contributed by atoms with E-state index in [1.165, 1.54) is 6.08 Å². The van der Waals surface area contributed by atoms with Gasteiger partial charge in [0.25, 0.3) is 5.56 Å². The van der Waals surface area contributed by atoms with Crippen LogP contribution in [0, 0.1) is 0 Å². The predicted octanol–water partition coefficient (Wildman–Crippen LogP) is 1.61. The third-order valence-electron chi connectivity index (χ3n) is 4.19. The summed E-state index contributed by atoms with van der Waals surface area (Å²) in [5.41, 5.74) is 2.61. The minimum atomic E-state index is -1.04. The maximum absolute atomic E-state index is 12.6. The molecule has 112 valence electrons. The van der Waals surface area contributed by atoms with E-state index in [0.29, 0.717) is 12.1 Å². The van der Waals surface area contributed by atoms with E-state index in [4.69, 9.17) is 9.84 Å². The van der Waals surface area contributed by atoms with Crippen LogP contribution in [-0.2, 0) is 28.9 Å². The zero-order valence-corrected chi connectivity index (χ0v) is 11.9. The SMILES string of the molecule is O=C(O)/C=C/c1cc2c(n(CC3CCCO3)c1=O)CCC2. The molecule has 21 heavy (non-hydrogen) atoms. The minimum Gasteiger partial charge on any atom is -0.478 e. The third-order valence-corrected chi connectivity index (χ3v) is 4.19. The smallest absolute Gasteiger partial charge is 0.328 e. The van der Waals surface area contributed by atoms with E-state index in [-0.39, 0.29) is 11.7 Å². The lowest BCUT2D eigenvalue weighted by Gasteiger charge is -2.17. The molecule has 2 heterocycles. The first-order chi connectivity index (χ1) is 10.1. The van der Waals surface area contributed by atoms with Crippen LogP contribution in [0.25, 0.3) is 6.08 Å². The summed E-state index contributed by atoms with van der Waals surface area (Å²) < 4.78 is 7.44. The van der Waals surface area contributed by atoms with Gasteiger partial charge in [0, 0.05) is 23.9 Å². The van der Waals surface area contributed by atoms with E-state index in [0.717, 1.165) is 56.0 Å². The summed E-state index contributed by atoms with van der Waals surface area (Å²) in [7, 11) is 0. The largest absolute Gasteiger partial charge is 0.478 e. The van der Waals surface area contributed by atoms with Gasteiger partial charge in [-0.15, -0.1) is 0 Å². The molecule has 1 aromatic heterocycles. The summed E-state index contributed by atoms with van der Waals surface area (Å²) in [6.45, 7) is 1.34. The number of rotatable bonds is 4. The molecule has 0 bridgehead atoms. The van der Waals surface area contributed by atoms with Crippen molar-refractivity contribution >= 4 is 12.0 Å². The van der Waals surface area contributed by atoms with Crippen molar-refractivity contribution in [1.29, 1.82) is 0 Å². The van der Waals surface area contributed by atoms with Gasteiger partial charge in [0.15, 0.2) is 0 Å². The number of hydrogen-bond acceptors (Lipinski definition) is 3. The fourth-order valence-corrected chi connectivity index (χ4v) is 3.21. The monoisotopic (exact) mass is 289 g/mol. The Kier molecular flexibility index (Phi) is 3.92. The summed E-state index contributed by atoms with van der Waals surface area (Å²) >= 11 is 0. The second kappa shape index (κ2) is 5.85. The zero-order chi connectivity index (χ0) is 14.8. The molecule has 1 aliphatic heterocycles. The van der Waals surface area contributed by atoms with Crippen molar-refractivity contribution < 1.29 is 14.6 Å². The Balaban J connectivity index is 2.00. The van der Waals surface area contributed by atoms with Crippen molar-refractivity contribution in [2.24, 2.45) is 0 Å². The van der Waals surface area contributed by atoms with Crippen LogP contribution in [0.4, 0.5) is 0 Å². The molecule has 0 spiro atoms. The van der Waals surface area contributed by atoms with Gasteiger partial charge in [0.2, 0.25) is 0 Å². The number of carbonyl (C=O) groups is 1. The van der Waals surface area contributed by atoms with Gasteiger partial charge >= 0.3 is 5.97 Å². The van der Waals surface area contributed by atoms with Crippen molar-refractivity contribution in [2.75, 3.05) is 6.61 Å². The third kappa shape index (κ3) is 2.93. The molecule has 0 radical (unpaired) electrons. The number of pyridine rings is 1. The highest BCUT2D eigenvalue weighted by Gasteiger charge is 2.22. The van der Waals surface area contributed by atoms with Crippen LogP contribution < -0.4 is 5.56 Å². The average Bonchev–Trinajstić information content (AvgIpc) is 3.10. The van der Waals surface area contributed by atoms with Crippen molar-refractivity contribution in [1.82, 2.24) is 4.57 Å². The molecular formula is C16H19NO4. The average molecular weight is 289 g/mol.